The first kappa shape index (κ1) is 8.70. The van der Waals surface area contributed by atoms with Gasteiger partial charge in [0.05, 0.1) is 6.61 Å². The second-order valence-corrected chi connectivity index (χ2v) is 2.15. The fourth-order valence-electron chi connectivity index (χ4n) is 0.392. The third kappa shape index (κ3) is 7.70. The Kier molecular flexibility index (Phi) is 5.64. The van der Waals surface area contributed by atoms with Crippen molar-refractivity contribution in [3.05, 3.63) is 18.6 Å². The molecule has 52 valence electrons. The number of allylic oxidation sites excluding steroid dienone is 1. The number of hydrogen-bond donors (Lipinski definition) is 0. The van der Waals surface area contributed by atoms with Crippen LogP contribution in [0.3, 0.4) is 0 Å². The van der Waals surface area contributed by atoms with Gasteiger partial charge in [-0.3, -0.25) is 0 Å². The van der Waals surface area contributed by atoms with Crippen LogP contribution in [0.2, 0.25) is 0 Å². The monoisotopic (exact) mass is 126 g/mol. The molecule has 0 saturated carbocycles. The second-order valence-electron chi connectivity index (χ2n) is 2.15. The summed E-state index contributed by atoms with van der Waals surface area (Å²) in [7, 11) is 0. The normalized spacial score (nSPS) is 9.22. The van der Waals surface area contributed by atoms with Crippen LogP contribution in [0.4, 0.5) is 0 Å². The summed E-state index contributed by atoms with van der Waals surface area (Å²) in [5.74, 6) is 0. The minimum absolute atomic E-state index is 0.608. The molecule has 0 bridgehead atoms. The van der Waals surface area contributed by atoms with Crippen molar-refractivity contribution >= 4 is 0 Å². The molecule has 0 aromatic carbocycles. The Morgan fingerprint density at radius 1 is 1.56 bits per heavy atom. The highest BCUT2D eigenvalue weighted by atomic mass is 16.5. The fourth-order valence-corrected chi connectivity index (χ4v) is 0.392. The van der Waals surface area contributed by atoms with Crippen LogP contribution in [-0.4, -0.2) is 13.2 Å². The van der Waals surface area contributed by atoms with Gasteiger partial charge in [0.15, 0.2) is 0 Å². The van der Waals surface area contributed by atoms with Crippen molar-refractivity contribution in [2.45, 2.75) is 20.3 Å². The Morgan fingerprint density at radius 2 is 2.22 bits per heavy atom. The molecule has 0 fully saturated rings. The van der Waals surface area contributed by atoms with Gasteiger partial charge in [0.2, 0.25) is 0 Å². The number of ether oxygens (including phenoxy) is 1. The zero-order valence-electron chi connectivity index (χ0n) is 6.18. The molecule has 0 unspecified atom stereocenters. The van der Waals surface area contributed by atoms with Gasteiger partial charge in [-0.05, 0) is 27.2 Å². The lowest BCUT2D eigenvalue weighted by Crippen LogP contribution is -1.92. The van der Waals surface area contributed by atoms with Crippen molar-refractivity contribution < 1.29 is 4.74 Å². The molecular weight excluding hydrogens is 112 g/mol. The van der Waals surface area contributed by atoms with Gasteiger partial charge in [0.1, 0.15) is 0 Å². The summed E-state index contributed by atoms with van der Waals surface area (Å²) < 4.78 is 5.09. The Bertz CT molecular complexity index is 80.6. The van der Waals surface area contributed by atoms with Crippen molar-refractivity contribution in [1.82, 2.24) is 0 Å². The third-order valence-electron chi connectivity index (χ3n) is 0.872. The quantitative estimate of drug-likeness (QED) is 0.414. The van der Waals surface area contributed by atoms with Crippen molar-refractivity contribution in [2.75, 3.05) is 13.2 Å². The minimum Gasteiger partial charge on any atom is -0.377 e. The summed E-state index contributed by atoms with van der Waals surface area (Å²) >= 11 is 0. The highest BCUT2D eigenvalue weighted by Gasteiger charge is 1.79. The Hall–Kier alpha value is -0.300. The van der Waals surface area contributed by atoms with Crippen LogP contribution in [0.5, 0.6) is 0 Å². The molecule has 0 saturated heterocycles. The van der Waals surface area contributed by atoms with E-state index in [0.29, 0.717) is 19.6 Å². The Balaban J connectivity index is 3.00. The standard InChI is InChI=1S/C8H14O/c1-4-6-9-7-5-8(2)3/h1,5H,4,6-7H2,2-3H3. The lowest BCUT2D eigenvalue weighted by atomic mass is 10.3. The molecule has 0 amide bonds. The molecule has 1 heteroatoms. The SMILES string of the molecule is [CH]CCOCC=C(C)C. The summed E-state index contributed by atoms with van der Waals surface area (Å²) in [6, 6.07) is 0. The van der Waals surface area contributed by atoms with Crippen molar-refractivity contribution in [2.24, 2.45) is 0 Å². The van der Waals surface area contributed by atoms with E-state index in [0.717, 1.165) is 0 Å². The van der Waals surface area contributed by atoms with E-state index in [1.807, 2.05) is 19.9 Å². The lowest BCUT2D eigenvalue weighted by Gasteiger charge is -1.95. The first-order chi connectivity index (χ1) is 4.27. The molecule has 0 aromatic rings. The molecule has 0 aliphatic carbocycles. The predicted molar refractivity (Wildman–Crippen MR) is 39.2 cm³/mol. The van der Waals surface area contributed by atoms with Gasteiger partial charge in [-0.15, -0.1) is 0 Å². The molecule has 9 heavy (non-hydrogen) atoms. The molecule has 2 radical (unpaired) electrons. The van der Waals surface area contributed by atoms with Gasteiger partial charge in [-0.2, -0.15) is 0 Å². The van der Waals surface area contributed by atoms with E-state index in [9.17, 15) is 0 Å². The maximum absolute atomic E-state index is 5.20. The molecule has 0 atom stereocenters. The average molecular weight is 126 g/mol. The maximum atomic E-state index is 5.20. The summed E-state index contributed by atoms with van der Waals surface area (Å²) in [6.07, 6.45) is 2.65. The van der Waals surface area contributed by atoms with Crippen LogP contribution in [0.1, 0.15) is 20.3 Å². The summed E-state index contributed by atoms with van der Waals surface area (Å²) in [6.45, 7) is 10.6. The van der Waals surface area contributed by atoms with Gasteiger partial charge in [0.25, 0.3) is 0 Å². The highest BCUT2D eigenvalue weighted by Crippen LogP contribution is 1.88. The molecule has 0 rings (SSSR count). The first-order valence-corrected chi connectivity index (χ1v) is 3.18. The zero-order chi connectivity index (χ0) is 7.11. The van der Waals surface area contributed by atoms with Gasteiger partial charge in [-0.25, -0.2) is 0 Å². The van der Waals surface area contributed by atoms with Crippen LogP contribution in [0, 0.1) is 6.92 Å². The van der Waals surface area contributed by atoms with E-state index in [1.54, 1.807) is 0 Å². The van der Waals surface area contributed by atoms with E-state index in [4.69, 9.17) is 11.7 Å². The van der Waals surface area contributed by atoms with Crippen LogP contribution in [0.25, 0.3) is 0 Å². The summed E-state index contributed by atoms with van der Waals surface area (Å²) in [5.41, 5.74) is 1.28. The van der Waals surface area contributed by atoms with E-state index >= 15 is 0 Å². The first-order valence-electron chi connectivity index (χ1n) is 3.18. The fraction of sp³-hybridized carbons (Fsp3) is 0.625. The maximum Gasteiger partial charge on any atom is 0.0649 e. The molecule has 0 spiro atoms. The molecular formula is C8H14O. The van der Waals surface area contributed by atoms with Crippen LogP contribution in [-0.2, 0) is 4.74 Å². The van der Waals surface area contributed by atoms with Crippen molar-refractivity contribution in [3.63, 3.8) is 0 Å². The minimum atomic E-state index is 0.608. The van der Waals surface area contributed by atoms with Crippen molar-refractivity contribution in [3.8, 4) is 0 Å². The van der Waals surface area contributed by atoms with Gasteiger partial charge >= 0.3 is 0 Å². The van der Waals surface area contributed by atoms with Crippen LogP contribution < -0.4 is 0 Å². The third-order valence-corrected chi connectivity index (χ3v) is 0.872. The molecule has 0 aliphatic heterocycles. The van der Waals surface area contributed by atoms with E-state index in [-0.39, 0.29) is 0 Å². The number of hydrogen-bond acceptors (Lipinski definition) is 1. The van der Waals surface area contributed by atoms with E-state index in [2.05, 4.69) is 0 Å². The molecule has 0 aliphatic rings. The Morgan fingerprint density at radius 3 is 2.67 bits per heavy atom. The van der Waals surface area contributed by atoms with E-state index < -0.39 is 0 Å². The zero-order valence-corrected chi connectivity index (χ0v) is 6.18. The summed E-state index contributed by atoms with van der Waals surface area (Å²) in [5, 5.41) is 0. The van der Waals surface area contributed by atoms with Gasteiger partial charge in [0, 0.05) is 6.61 Å². The van der Waals surface area contributed by atoms with Crippen molar-refractivity contribution in [1.29, 1.82) is 0 Å². The van der Waals surface area contributed by atoms with Crippen LogP contribution >= 0.6 is 0 Å². The largest absolute Gasteiger partial charge is 0.377 e. The Labute approximate surface area is 57.7 Å². The van der Waals surface area contributed by atoms with Crippen LogP contribution in [0.15, 0.2) is 11.6 Å². The molecule has 0 heterocycles. The molecule has 1 nitrogen and oxygen atoms in total. The average Bonchev–Trinajstić information content (AvgIpc) is 1.80. The van der Waals surface area contributed by atoms with Gasteiger partial charge < -0.3 is 4.74 Å². The highest BCUT2D eigenvalue weighted by molar-refractivity contribution is 4.92. The molecule has 0 N–H and O–H groups in total. The predicted octanol–water partition coefficient (Wildman–Crippen LogP) is 2.07. The summed E-state index contributed by atoms with van der Waals surface area (Å²) in [4.78, 5) is 0. The van der Waals surface area contributed by atoms with Gasteiger partial charge in [-0.1, -0.05) is 11.6 Å². The molecule has 0 aromatic heterocycles. The smallest absolute Gasteiger partial charge is 0.0649 e. The lowest BCUT2D eigenvalue weighted by molar-refractivity contribution is 0.166. The topological polar surface area (TPSA) is 9.23 Å². The second kappa shape index (κ2) is 5.83. The van der Waals surface area contributed by atoms with E-state index in [1.165, 1.54) is 5.57 Å². The number of rotatable bonds is 4.